The van der Waals surface area contributed by atoms with E-state index in [1.54, 1.807) is 104 Å². The fourth-order valence-electron chi connectivity index (χ4n) is 7.51. The number of para-hydroxylation sites is 4. The summed E-state index contributed by atoms with van der Waals surface area (Å²) in [4.78, 5) is 16.2. The number of methoxy groups -OCH3 is 2. The fraction of sp³-hybridized carbons (Fsp3) is 0.115. The number of hydrogen-bond donors (Lipinski definition) is 4. The van der Waals surface area contributed by atoms with Crippen LogP contribution in [0, 0.1) is 0 Å². The van der Waals surface area contributed by atoms with Gasteiger partial charge in [-0.15, -0.1) is 5.11 Å². The Bertz CT molecular complexity index is 3830. The smallest absolute Gasteiger partial charge is 0.871 e. The summed E-state index contributed by atoms with van der Waals surface area (Å²) in [5, 5.41) is 58.7. The largest absolute Gasteiger partial charge is 2.00 e. The molecular weight excluding hydrogens is 1080 g/mol. The Morgan fingerprint density at radius 2 is 1.07 bits per heavy atom. The minimum atomic E-state index is -4.62. The SMILES string of the molecule is CCc1cc(Cl)c(S(=O)(=O)O)cc1N=Nc1c(O)c(C(=O)Nc2ccccc2OC)cc2ccccc12.CCc1cc(Cl)c(S(=O)(=O)O)cc1N=Nc1c([O-])c(C([O-])=Nc2ccccc2OC)cc2ccccc12.[Ca+2]. The molecule has 0 atom stereocenters. The van der Waals surface area contributed by atoms with Gasteiger partial charge in [-0.3, -0.25) is 18.9 Å². The van der Waals surface area contributed by atoms with Crippen LogP contribution in [0.3, 0.4) is 0 Å². The molecule has 0 saturated carbocycles. The van der Waals surface area contributed by atoms with Gasteiger partial charge in [0.2, 0.25) is 0 Å². The second-order valence-corrected chi connectivity index (χ2v) is 19.4. The first-order valence-corrected chi connectivity index (χ1v) is 25.7. The predicted molar refractivity (Wildman–Crippen MR) is 285 cm³/mol. The summed E-state index contributed by atoms with van der Waals surface area (Å²) in [5.41, 5.74) is 1.62. The molecule has 8 aromatic carbocycles. The van der Waals surface area contributed by atoms with Gasteiger partial charge in [-0.1, -0.05) is 116 Å². The van der Waals surface area contributed by atoms with Gasteiger partial charge >= 0.3 is 37.7 Å². The molecule has 1 amide bonds. The molecule has 380 valence electrons. The van der Waals surface area contributed by atoms with Gasteiger partial charge in [0.05, 0.1) is 52.6 Å². The molecule has 0 aliphatic carbocycles. The van der Waals surface area contributed by atoms with Crippen molar-refractivity contribution in [1.29, 1.82) is 0 Å². The first-order chi connectivity index (χ1) is 35.3. The van der Waals surface area contributed by atoms with Gasteiger partial charge in [0, 0.05) is 10.8 Å². The number of aromatic hydroxyl groups is 1. The van der Waals surface area contributed by atoms with Crippen molar-refractivity contribution in [2.24, 2.45) is 25.4 Å². The standard InChI is InChI=1S/2C26H22ClN3O6S.Ca/c2*1-3-15-13-19(27)23(37(33,34)35)14-21(15)29-30-24-17-9-5-4-8-16(17)12-18(25(24)31)26(32)28-20-10-6-7-11-22(20)36-2;/h2*4-14,31H,3H2,1-2H3,(H,28,32)(H,33,34,35);/q;;+2/p-2. The van der Waals surface area contributed by atoms with Crippen LogP contribution in [-0.4, -0.2) is 94.8 Å². The average Bonchev–Trinajstić information content (AvgIpc) is 3.37. The molecule has 0 aliphatic rings. The number of ether oxygens (including phenoxy) is 2. The molecule has 23 heteroatoms. The summed E-state index contributed by atoms with van der Waals surface area (Å²) in [6.45, 7) is 3.61. The van der Waals surface area contributed by atoms with E-state index in [1.807, 2.05) is 6.92 Å². The number of fused-ring (bicyclic) bond motifs is 2. The molecule has 0 heterocycles. The second-order valence-electron chi connectivity index (χ2n) is 15.8. The Morgan fingerprint density at radius 3 is 1.59 bits per heavy atom. The van der Waals surface area contributed by atoms with Crippen LogP contribution in [0.5, 0.6) is 23.0 Å². The summed E-state index contributed by atoms with van der Waals surface area (Å²) in [6, 6.07) is 35.2. The maximum atomic E-state index is 13.4. The van der Waals surface area contributed by atoms with Crippen molar-refractivity contribution in [3.63, 3.8) is 0 Å². The molecule has 8 aromatic rings. The first-order valence-electron chi connectivity index (χ1n) is 22.0. The van der Waals surface area contributed by atoms with Crippen LogP contribution in [0.2, 0.25) is 10.0 Å². The van der Waals surface area contributed by atoms with Crippen molar-refractivity contribution in [1.82, 2.24) is 0 Å². The van der Waals surface area contributed by atoms with E-state index in [2.05, 4.69) is 30.8 Å². The number of rotatable bonds is 14. The zero-order valence-electron chi connectivity index (χ0n) is 40.1. The number of hydrogen-bond acceptors (Lipinski definition) is 15. The molecule has 0 saturated heterocycles. The van der Waals surface area contributed by atoms with Gasteiger partial charge in [-0.25, -0.2) is 0 Å². The first kappa shape index (κ1) is 57.6. The number of azo groups is 2. The number of carbonyl (C=O) groups is 1. The van der Waals surface area contributed by atoms with Crippen molar-refractivity contribution >= 4 is 149 Å². The summed E-state index contributed by atoms with van der Waals surface area (Å²) < 4.78 is 76.4. The van der Waals surface area contributed by atoms with E-state index in [4.69, 9.17) is 32.7 Å². The van der Waals surface area contributed by atoms with Crippen molar-refractivity contribution in [2.45, 2.75) is 36.5 Å². The minimum absolute atomic E-state index is 0. The van der Waals surface area contributed by atoms with Crippen LogP contribution in [0.15, 0.2) is 169 Å². The van der Waals surface area contributed by atoms with Crippen molar-refractivity contribution < 1.29 is 55.5 Å². The van der Waals surface area contributed by atoms with E-state index in [1.165, 1.54) is 38.5 Å². The van der Waals surface area contributed by atoms with Crippen LogP contribution in [0.25, 0.3) is 21.5 Å². The van der Waals surface area contributed by atoms with Crippen molar-refractivity contribution in [3.05, 3.63) is 166 Å². The zero-order valence-corrected chi connectivity index (χ0v) is 45.5. The molecule has 0 fully saturated rings. The monoisotopic (exact) mass is 1120 g/mol. The molecule has 18 nitrogen and oxygen atoms in total. The van der Waals surface area contributed by atoms with E-state index in [0.29, 0.717) is 62.7 Å². The van der Waals surface area contributed by atoms with Crippen LogP contribution in [0.1, 0.15) is 40.9 Å². The Hall–Kier alpha value is -6.72. The molecule has 0 spiro atoms. The number of anilines is 1. The number of nitrogens with one attached hydrogen (secondary N) is 1. The van der Waals surface area contributed by atoms with Gasteiger partial charge in [-0.05, 0) is 107 Å². The van der Waals surface area contributed by atoms with E-state index >= 15 is 0 Å². The minimum Gasteiger partial charge on any atom is -0.871 e. The van der Waals surface area contributed by atoms with Crippen molar-refractivity contribution in [3.8, 4) is 23.0 Å². The Labute approximate surface area is 470 Å². The van der Waals surface area contributed by atoms with Crippen molar-refractivity contribution in [2.75, 3.05) is 19.5 Å². The number of amides is 1. The van der Waals surface area contributed by atoms with Gasteiger partial charge in [0.1, 0.15) is 32.7 Å². The summed E-state index contributed by atoms with van der Waals surface area (Å²) in [7, 11) is -6.31. The van der Waals surface area contributed by atoms with Gasteiger partial charge in [0.15, 0.2) is 5.75 Å². The maximum absolute atomic E-state index is 13.4. The van der Waals surface area contributed by atoms with E-state index in [-0.39, 0.29) is 87.3 Å². The van der Waals surface area contributed by atoms with Crippen LogP contribution in [0.4, 0.5) is 34.1 Å². The third-order valence-corrected chi connectivity index (χ3v) is 13.8. The Balaban J connectivity index is 0.000000241. The third kappa shape index (κ3) is 13.2. The van der Waals surface area contributed by atoms with Crippen LogP contribution < -0.4 is 25.0 Å². The normalized spacial score (nSPS) is 11.9. The van der Waals surface area contributed by atoms with Crippen LogP contribution >= 0.6 is 23.2 Å². The number of halogens is 2. The van der Waals surface area contributed by atoms with Gasteiger partial charge in [-0.2, -0.15) is 32.2 Å². The molecule has 0 aliphatic heterocycles. The maximum Gasteiger partial charge on any atom is 2.00 e. The molecule has 8 rings (SSSR count). The topological polar surface area (TPSA) is 284 Å². The summed E-state index contributed by atoms with van der Waals surface area (Å²) >= 11 is 12.0. The quantitative estimate of drug-likeness (QED) is 0.0260. The molecule has 0 aromatic heterocycles. The molecule has 0 bridgehead atoms. The number of phenolic OH excluding ortho intramolecular Hbond substituents is 1. The average molecular weight is 1120 g/mol. The van der Waals surface area contributed by atoms with E-state index in [0.717, 1.165) is 12.1 Å². The molecule has 4 N–H and O–H groups in total. The zero-order chi connectivity index (χ0) is 53.5. The second kappa shape index (κ2) is 24.7. The summed E-state index contributed by atoms with van der Waals surface area (Å²) in [6.07, 6.45) is 0.856. The predicted octanol–water partition coefficient (Wildman–Crippen LogP) is 11.5. The molecular formula is C52H42CaCl2N6O12S2. The number of benzene rings is 8. The number of phenols is 1. The number of nitrogens with zero attached hydrogens (tertiary/aromatic N) is 5. The van der Waals surface area contributed by atoms with E-state index in [9.17, 15) is 46.1 Å². The number of carbonyl (C=O) groups excluding carboxylic acids is 1. The fourth-order valence-corrected chi connectivity index (χ4v) is 9.60. The molecule has 0 unspecified atom stereocenters. The molecule has 75 heavy (non-hydrogen) atoms. The Morgan fingerprint density at radius 1 is 0.613 bits per heavy atom. The van der Waals surface area contributed by atoms with E-state index < -0.39 is 53.3 Å². The van der Waals surface area contributed by atoms with Gasteiger partial charge in [0.25, 0.3) is 26.1 Å². The molecule has 0 radical (unpaired) electrons. The third-order valence-electron chi connectivity index (χ3n) is 11.2. The summed E-state index contributed by atoms with van der Waals surface area (Å²) in [5.74, 6) is -1.69. The van der Waals surface area contributed by atoms with Gasteiger partial charge < -0.3 is 30.1 Å². The van der Waals surface area contributed by atoms with Crippen LogP contribution in [-0.2, 0) is 33.1 Å². The Kier molecular flexibility index (Phi) is 19.0. The number of aliphatic imine (C=N–C) groups is 1. The number of aryl methyl sites for hydroxylation is 2.